The molecule has 0 saturated carbocycles. The molecule has 26 heavy (non-hydrogen) atoms. The van der Waals surface area contributed by atoms with Crippen molar-refractivity contribution in [1.29, 1.82) is 0 Å². The van der Waals surface area contributed by atoms with Gasteiger partial charge in [0.05, 0.1) is 0 Å². The predicted molar refractivity (Wildman–Crippen MR) is 118 cm³/mol. The summed E-state index contributed by atoms with van der Waals surface area (Å²) < 4.78 is 0. The largest absolute Gasteiger partial charge is 0.299 e. The van der Waals surface area contributed by atoms with Gasteiger partial charge in [-0.15, -0.1) is 0 Å². The second-order valence-electron chi connectivity index (χ2n) is 8.56. The highest BCUT2D eigenvalue weighted by atomic mass is 16.1. The topological polar surface area (TPSA) is 17.1 Å². The van der Waals surface area contributed by atoms with Crippen LogP contribution >= 0.6 is 0 Å². The molecule has 0 aliphatic heterocycles. The lowest BCUT2D eigenvalue weighted by atomic mass is 9.95. The Morgan fingerprint density at radius 2 is 0.885 bits per heavy atom. The van der Waals surface area contributed by atoms with Crippen molar-refractivity contribution in [2.24, 2.45) is 5.92 Å². The molecule has 0 aromatic heterocycles. The average molecular weight is 367 g/mol. The van der Waals surface area contributed by atoms with Gasteiger partial charge in [0.15, 0.2) is 0 Å². The van der Waals surface area contributed by atoms with E-state index >= 15 is 0 Å². The first kappa shape index (κ1) is 25.7. The number of rotatable bonds is 21. The van der Waals surface area contributed by atoms with Crippen LogP contribution in [-0.2, 0) is 4.79 Å². The van der Waals surface area contributed by atoms with Crippen LogP contribution in [0.25, 0.3) is 0 Å². The van der Waals surface area contributed by atoms with Gasteiger partial charge in [-0.05, 0) is 12.8 Å². The van der Waals surface area contributed by atoms with E-state index in [1.807, 2.05) is 0 Å². The standard InChI is InChI=1S/C25H50O/c1-4-6-8-9-10-11-12-13-14-15-16-17-18-19-21-22-24(3)25(26)23-20-7-5-2/h24H,4-23H2,1-3H3/t24-/m1/s1. The van der Waals surface area contributed by atoms with E-state index in [1.165, 1.54) is 109 Å². The van der Waals surface area contributed by atoms with Crippen LogP contribution in [0.4, 0.5) is 0 Å². The highest BCUT2D eigenvalue weighted by molar-refractivity contribution is 5.80. The van der Waals surface area contributed by atoms with Crippen molar-refractivity contribution in [3.8, 4) is 0 Å². The minimum absolute atomic E-state index is 0.300. The first-order valence-electron chi connectivity index (χ1n) is 12.2. The van der Waals surface area contributed by atoms with Crippen LogP contribution in [0.5, 0.6) is 0 Å². The molecular formula is C25H50O. The number of hydrogen-bond donors (Lipinski definition) is 0. The lowest BCUT2D eigenvalue weighted by Crippen LogP contribution is -2.10. The van der Waals surface area contributed by atoms with Crippen molar-refractivity contribution in [2.45, 2.75) is 149 Å². The Morgan fingerprint density at radius 1 is 0.538 bits per heavy atom. The summed E-state index contributed by atoms with van der Waals surface area (Å²) in [7, 11) is 0. The van der Waals surface area contributed by atoms with E-state index in [9.17, 15) is 4.79 Å². The van der Waals surface area contributed by atoms with Crippen molar-refractivity contribution in [1.82, 2.24) is 0 Å². The van der Waals surface area contributed by atoms with Crippen LogP contribution in [0, 0.1) is 5.92 Å². The molecule has 0 aliphatic carbocycles. The highest BCUT2D eigenvalue weighted by Crippen LogP contribution is 2.17. The second-order valence-corrected chi connectivity index (χ2v) is 8.56. The summed E-state index contributed by atoms with van der Waals surface area (Å²) in [6, 6.07) is 0. The Balaban J connectivity index is 3.20. The molecule has 0 N–H and O–H groups in total. The van der Waals surface area contributed by atoms with E-state index in [4.69, 9.17) is 0 Å². The van der Waals surface area contributed by atoms with E-state index in [0.717, 1.165) is 19.3 Å². The van der Waals surface area contributed by atoms with E-state index in [2.05, 4.69) is 20.8 Å². The zero-order chi connectivity index (χ0) is 19.3. The van der Waals surface area contributed by atoms with Crippen LogP contribution < -0.4 is 0 Å². The molecule has 0 heterocycles. The van der Waals surface area contributed by atoms with Crippen LogP contribution in [0.2, 0.25) is 0 Å². The summed E-state index contributed by atoms with van der Waals surface area (Å²) in [5.74, 6) is 0.803. The average Bonchev–Trinajstić information content (AvgIpc) is 2.64. The number of Topliss-reactive ketones (excluding diaryl/α,β-unsaturated/α-hetero) is 1. The van der Waals surface area contributed by atoms with Gasteiger partial charge in [-0.3, -0.25) is 4.79 Å². The first-order valence-corrected chi connectivity index (χ1v) is 12.2. The monoisotopic (exact) mass is 366 g/mol. The lowest BCUT2D eigenvalue weighted by molar-refractivity contribution is -0.122. The van der Waals surface area contributed by atoms with E-state index in [1.54, 1.807) is 0 Å². The predicted octanol–water partition coefficient (Wildman–Crippen LogP) is 9.03. The number of carbonyl (C=O) groups excluding carboxylic acids is 1. The molecule has 156 valence electrons. The molecule has 1 atom stereocenters. The molecule has 0 spiro atoms. The third-order valence-corrected chi connectivity index (χ3v) is 5.82. The molecule has 1 nitrogen and oxygen atoms in total. The normalized spacial score (nSPS) is 12.4. The smallest absolute Gasteiger partial charge is 0.135 e. The van der Waals surface area contributed by atoms with Gasteiger partial charge in [0, 0.05) is 12.3 Å². The van der Waals surface area contributed by atoms with Crippen molar-refractivity contribution in [3.05, 3.63) is 0 Å². The van der Waals surface area contributed by atoms with Gasteiger partial charge in [-0.1, -0.05) is 130 Å². The second kappa shape index (κ2) is 21.0. The third-order valence-electron chi connectivity index (χ3n) is 5.82. The van der Waals surface area contributed by atoms with Crippen molar-refractivity contribution in [2.75, 3.05) is 0 Å². The minimum Gasteiger partial charge on any atom is -0.299 e. The van der Waals surface area contributed by atoms with E-state index in [-0.39, 0.29) is 0 Å². The molecule has 0 aliphatic rings. The number of ketones is 1. The zero-order valence-corrected chi connectivity index (χ0v) is 18.6. The summed E-state index contributed by atoms with van der Waals surface area (Å²) in [4.78, 5) is 12.0. The Labute approximate surface area is 166 Å². The van der Waals surface area contributed by atoms with Crippen LogP contribution in [0.15, 0.2) is 0 Å². The molecule has 0 unspecified atom stereocenters. The molecule has 0 radical (unpaired) electrons. The van der Waals surface area contributed by atoms with Gasteiger partial charge in [-0.25, -0.2) is 0 Å². The van der Waals surface area contributed by atoms with Gasteiger partial charge in [0.25, 0.3) is 0 Å². The highest BCUT2D eigenvalue weighted by Gasteiger charge is 2.11. The fourth-order valence-electron chi connectivity index (χ4n) is 3.78. The van der Waals surface area contributed by atoms with Crippen LogP contribution in [0.3, 0.4) is 0 Å². The van der Waals surface area contributed by atoms with Gasteiger partial charge >= 0.3 is 0 Å². The summed E-state index contributed by atoms with van der Waals surface area (Å²) >= 11 is 0. The fourth-order valence-corrected chi connectivity index (χ4v) is 3.78. The maximum atomic E-state index is 12.0. The lowest BCUT2D eigenvalue weighted by Gasteiger charge is -2.10. The molecule has 1 heteroatoms. The van der Waals surface area contributed by atoms with Gasteiger partial charge in [0.2, 0.25) is 0 Å². The summed E-state index contributed by atoms with van der Waals surface area (Å²) in [6.45, 7) is 6.62. The van der Waals surface area contributed by atoms with Gasteiger partial charge < -0.3 is 0 Å². The molecule has 0 aromatic carbocycles. The zero-order valence-electron chi connectivity index (χ0n) is 18.6. The first-order chi connectivity index (χ1) is 12.7. The van der Waals surface area contributed by atoms with Gasteiger partial charge in [-0.2, -0.15) is 0 Å². The van der Waals surface area contributed by atoms with Gasteiger partial charge in [0.1, 0.15) is 5.78 Å². The van der Waals surface area contributed by atoms with E-state index in [0.29, 0.717) is 11.7 Å². The Morgan fingerprint density at radius 3 is 1.31 bits per heavy atom. The minimum atomic E-state index is 0.300. The number of carbonyl (C=O) groups is 1. The third kappa shape index (κ3) is 18.5. The molecule has 0 saturated heterocycles. The maximum absolute atomic E-state index is 12.0. The molecule has 0 amide bonds. The summed E-state index contributed by atoms with van der Waals surface area (Å²) in [5, 5.41) is 0. The fraction of sp³-hybridized carbons (Fsp3) is 0.960. The molecular weight excluding hydrogens is 316 g/mol. The van der Waals surface area contributed by atoms with Crippen molar-refractivity contribution >= 4 is 5.78 Å². The summed E-state index contributed by atoms with van der Waals surface area (Å²) in [5.41, 5.74) is 0. The molecule has 0 rings (SSSR count). The summed E-state index contributed by atoms with van der Waals surface area (Å²) in [6.07, 6.45) is 26.6. The Kier molecular flexibility index (Phi) is 20.7. The molecule has 0 bridgehead atoms. The van der Waals surface area contributed by atoms with Crippen LogP contribution in [-0.4, -0.2) is 5.78 Å². The molecule has 0 fully saturated rings. The Hall–Kier alpha value is -0.330. The number of unbranched alkanes of at least 4 members (excludes halogenated alkanes) is 16. The quantitative estimate of drug-likeness (QED) is 0.185. The Bertz CT molecular complexity index is 284. The molecule has 0 aromatic rings. The van der Waals surface area contributed by atoms with Crippen molar-refractivity contribution in [3.63, 3.8) is 0 Å². The SMILES string of the molecule is CCCCCCCCCCCCCCCCC[C@@H](C)C(=O)CCCCC. The van der Waals surface area contributed by atoms with Crippen molar-refractivity contribution < 1.29 is 4.79 Å². The van der Waals surface area contributed by atoms with Crippen LogP contribution in [0.1, 0.15) is 149 Å². The van der Waals surface area contributed by atoms with E-state index < -0.39 is 0 Å². The maximum Gasteiger partial charge on any atom is 0.135 e. The number of hydrogen-bond acceptors (Lipinski definition) is 1.